The van der Waals surface area contributed by atoms with Crippen molar-refractivity contribution in [1.29, 1.82) is 0 Å². The van der Waals surface area contributed by atoms with Gasteiger partial charge in [-0.3, -0.25) is 0 Å². The van der Waals surface area contributed by atoms with E-state index in [-0.39, 0.29) is 0 Å². The average molecular weight is 288 g/mol. The zero-order chi connectivity index (χ0) is 15.2. The van der Waals surface area contributed by atoms with Crippen molar-refractivity contribution in [3.05, 3.63) is 102 Å². The fourth-order valence-corrected chi connectivity index (χ4v) is 2.87. The predicted molar refractivity (Wildman–Crippen MR) is 91.2 cm³/mol. The SMILES string of the molecule is Oc1ccc(CCC(c2ccccc2)c2ccccc2)cc1. The molecule has 3 aromatic rings. The molecule has 0 aliphatic rings. The van der Waals surface area contributed by atoms with Crippen molar-refractivity contribution in [3.8, 4) is 5.75 Å². The highest BCUT2D eigenvalue weighted by molar-refractivity contribution is 5.33. The zero-order valence-electron chi connectivity index (χ0n) is 12.5. The predicted octanol–water partition coefficient (Wildman–Crippen LogP) is 5.16. The smallest absolute Gasteiger partial charge is 0.115 e. The van der Waals surface area contributed by atoms with Gasteiger partial charge in [0.15, 0.2) is 0 Å². The number of aryl methyl sites for hydroxylation is 1. The molecule has 3 aromatic carbocycles. The molecule has 1 heteroatoms. The van der Waals surface area contributed by atoms with Gasteiger partial charge < -0.3 is 5.11 Å². The van der Waals surface area contributed by atoms with Crippen molar-refractivity contribution in [2.45, 2.75) is 18.8 Å². The van der Waals surface area contributed by atoms with Crippen molar-refractivity contribution in [2.24, 2.45) is 0 Å². The Bertz CT molecular complexity index is 647. The summed E-state index contributed by atoms with van der Waals surface area (Å²) in [6.45, 7) is 0. The summed E-state index contributed by atoms with van der Waals surface area (Å²) >= 11 is 0. The van der Waals surface area contributed by atoms with E-state index in [0.717, 1.165) is 12.8 Å². The molecule has 22 heavy (non-hydrogen) atoms. The van der Waals surface area contributed by atoms with Crippen LogP contribution in [0.25, 0.3) is 0 Å². The fourth-order valence-electron chi connectivity index (χ4n) is 2.87. The number of rotatable bonds is 5. The number of hydrogen-bond acceptors (Lipinski definition) is 1. The van der Waals surface area contributed by atoms with Crippen LogP contribution in [0, 0.1) is 0 Å². The normalized spacial score (nSPS) is 10.8. The van der Waals surface area contributed by atoms with Crippen LogP contribution in [-0.2, 0) is 6.42 Å². The molecule has 0 radical (unpaired) electrons. The van der Waals surface area contributed by atoms with Gasteiger partial charge in [0.1, 0.15) is 5.75 Å². The molecule has 0 spiro atoms. The average Bonchev–Trinajstić information content (AvgIpc) is 2.59. The highest BCUT2D eigenvalue weighted by Crippen LogP contribution is 2.29. The maximum atomic E-state index is 9.39. The third-order valence-electron chi connectivity index (χ3n) is 4.06. The van der Waals surface area contributed by atoms with Gasteiger partial charge in [-0.1, -0.05) is 72.8 Å². The Kier molecular flexibility index (Phi) is 4.55. The zero-order valence-corrected chi connectivity index (χ0v) is 12.5. The van der Waals surface area contributed by atoms with Crippen LogP contribution >= 0.6 is 0 Å². The first-order valence-corrected chi connectivity index (χ1v) is 7.71. The molecule has 1 N–H and O–H groups in total. The van der Waals surface area contributed by atoms with Crippen LogP contribution in [0.5, 0.6) is 5.75 Å². The van der Waals surface area contributed by atoms with Crippen molar-refractivity contribution in [3.63, 3.8) is 0 Å². The number of aromatic hydroxyl groups is 1. The van der Waals surface area contributed by atoms with Gasteiger partial charge in [0.25, 0.3) is 0 Å². The quantitative estimate of drug-likeness (QED) is 0.687. The second-order valence-corrected chi connectivity index (χ2v) is 5.58. The Morgan fingerprint density at radius 3 is 1.64 bits per heavy atom. The molecule has 0 unspecified atom stereocenters. The van der Waals surface area contributed by atoms with Crippen LogP contribution in [0.4, 0.5) is 0 Å². The summed E-state index contributed by atoms with van der Waals surface area (Å²) in [6, 6.07) is 28.9. The van der Waals surface area contributed by atoms with E-state index < -0.39 is 0 Å². The molecule has 0 amide bonds. The number of phenolic OH excluding ortho intramolecular Hbond substituents is 1. The number of hydrogen-bond donors (Lipinski definition) is 1. The standard InChI is InChI=1S/C21H20O/c22-20-14-11-17(12-15-20)13-16-21(18-7-3-1-4-8-18)19-9-5-2-6-10-19/h1-12,14-15,21-22H,13,16H2. The summed E-state index contributed by atoms with van der Waals surface area (Å²) in [5.74, 6) is 0.725. The van der Waals surface area contributed by atoms with Gasteiger partial charge in [-0.05, 0) is 41.7 Å². The first kappa shape index (κ1) is 14.4. The van der Waals surface area contributed by atoms with E-state index in [9.17, 15) is 5.11 Å². The second kappa shape index (κ2) is 6.95. The third kappa shape index (κ3) is 3.56. The summed E-state index contributed by atoms with van der Waals surface area (Å²) in [5, 5.41) is 9.39. The Hall–Kier alpha value is -2.54. The first-order chi connectivity index (χ1) is 10.8. The Labute approximate surface area is 131 Å². The maximum absolute atomic E-state index is 9.39. The van der Waals surface area contributed by atoms with Crippen molar-refractivity contribution < 1.29 is 5.11 Å². The van der Waals surface area contributed by atoms with Crippen LogP contribution in [0.15, 0.2) is 84.9 Å². The lowest BCUT2D eigenvalue weighted by atomic mass is 9.86. The molecule has 0 heterocycles. The molecule has 0 atom stereocenters. The summed E-state index contributed by atoms with van der Waals surface area (Å²) < 4.78 is 0. The van der Waals surface area contributed by atoms with Crippen LogP contribution in [0.2, 0.25) is 0 Å². The van der Waals surface area contributed by atoms with Crippen molar-refractivity contribution in [1.82, 2.24) is 0 Å². The van der Waals surface area contributed by atoms with E-state index in [1.54, 1.807) is 12.1 Å². The van der Waals surface area contributed by atoms with Gasteiger partial charge in [0, 0.05) is 5.92 Å². The fraction of sp³-hybridized carbons (Fsp3) is 0.143. The Balaban J connectivity index is 1.81. The van der Waals surface area contributed by atoms with Crippen LogP contribution in [0.1, 0.15) is 29.0 Å². The minimum atomic E-state index is 0.325. The molecule has 0 aliphatic heterocycles. The van der Waals surface area contributed by atoms with Gasteiger partial charge >= 0.3 is 0 Å². The minimum absolute atomic E-state index is 0.325. The highest BCUT2D eigenvalue weighted by atomic mass is 16.3. The molecule has 1 nitrogen and oxygen atoms in total. The van der Waals surface area contributed by atoms with Gasteiger partial charge in [-0.2, -0.15) is 0 Å². The minimum Gasteiger partial charge on any atom is -0.508 e. The highest BCUT2D eigenvalue weighted by Gasteiger charge is 2.13. The van der Waals surface area contributed by atoms with E-state index >= 15 is 0 Å². The molecular weight excluding hydrogens is 268 g/mol. The first-order valence-electron chi connectivity index (χ1n) is 7.71. The summed E-state index contributed by atoms with van der Waals surface area (Å²) in [5.41, 5.74) is 3.97. The lowest BCUT2D eigenvalue weighted by molar-refractivity contribution is 0.475. The molecule has 0 fully saturated rings. The summed E-state index contributed by atoms with van der Waals surface area (Å²) in [4.78, 5) is 0. The summed E-state index contributed by atoms with van der Waals surface area (Å²) in [6.07, 6.45) is 2.05. The Morgan fingerprint density at radius 2 is 1.14 bits per heavy atom. The molecule has 0 saturated heterocycles. The maximum Gasteiger partial charge on any atom is 0.115 e. The van der Waals surface area contributed by atoms with Crippen molar-refractivity contribution in [2.75, 3.05) is 0 Å². The van der Waals surface area contributed by atoms with E-state index in [4.69, 9.17) is 0 Å². The van der Waals surface area contributed by atoms with Gasteiger partial charge in [0.2, 0.25) is 0 Å². The van der Waals surface area contributed by atoms with Gasteiger partial charge in [-0.15, -0.1) is 0 Å². The number of phenols is 1. The molecule has 3 rings (SSSR count). The molecule has 0 bridgehead atoms. The van der Waals surface area contributed by atoms with Gasteiger partial charge in [-0.25, -0.2) is 0 Å². The van der Waals surface area contributed by atoms with Crippen LogP contribution in [-0.4, -0.2) is 5.11 Å². The van der Waals surface area contributed by atoms with Crippen molar-refractivity contribution >= 4 is 0 Å². The number of benzene rings is 3. The lowest BCUT2D eigenvalue weighted by Crippen LogP contribution is -2.03. The van der Waals surface area contributed by atoms with Crippen LogP contribution < -0.4 is 0 Å². The second-order valence-electron chi connectivity index (χ2n) is 5.58. The van der Waals surface area contributed by atoms with Gasteiger partial charge in [0.05, 0.1) is 0 Å². The van der Waals surface area contributed by atoms with E-state index in [2.05, 4.69) is 60.7 Å². The van der Waals surface area contributed by atoms with E-state index in [1.807, 2.05) is 12.1 Å². The topological polar surface area (TPSA) is 20.2 Å². The summed E-state index contributed by atoms with van der Waals surface area (Å²) in [7, 11) is 0. The van der Waals surface area contributed by atoms with Crippen LogP contribution in [0.3, 0.4) is 0 Å². The lowest BCUT2D eigenvalue weighted by Gasteiger charge is -2.18. The Morgan fingerprint density at radius 1 is 0.636 bits per heavy atom. The molecule has 0 saturated carbocycles. The molecular formula is C21H20O. The largest absolute Gasteiger partial charge is 0.508 e. The third-order valence-corrected chi connectivity index (χ3v) is 4.06. The molecule has 0 aromatic heterocycles. The molecule has 110 valence electrons. The van der Waals surface area contributed by atoms with E-state index in [0.29, 0.717) is 11.7 Å². The van der Waals surface area contributed by atoms with E-state index in [1.165, 1.54) is 16.7 Å². The molecule has 0 aliphatic carbocycles. The monoisotopic (exact) mass is 288 g/mol.